The summed E-state index contributed by atoms with van der Waals surface area (Å²) in [4.78, 5) is 12.6. The first-order valence-electron chi connectivity index (χ1n) is 5.82. The molecule has 0 atom stereocenters. The Morgan fingerprint density at radius 2 is 2.11 bits per heavy atom. The fraction of sp³-hybridized carbons (Fsp3) is 0.417. The lowest BCUT2D eigenvalue weighted by atomic mass is 10.0. The molecule has 2 rings (SSSR count). The van der Waals surface area contributed by atoms with E-state index in [1.165, 1.54) is 6.07 Å². The fourth-order valence-electron chi connectivity index (χ4n) is 2.07. The molecule has 0 saturated carbocycles. The van der Waals surface area contributed by atoms with Gasteiger partial charge in [-0.1, -0.05) is 15.9 Å². The second-order valence-electron chi connectivity index (χ2n) is 4.37. The molecule has 4 nitrogen and oxygen atoms in total. The van der Waals surface area contributed by atoms with Gasteiger partial charge in [-0.25, -0.2) is 9.18 Å². The minimum Gasteiger partial charge on any atom is -0.380 e. The molecular formula is C12H15BrFN3O. The van der Waals surface area contributed by atoms with E-state index in [-0.39, 0.29) is 17.9 Å². The van der Waals surface area contributed by atoms with Gasteiger partial charge in [-0.3, -0.25) is 0 Å². The molecule has 0 spiro atoms. The Hall–Kier alpha value is -1.30. The Morgan fingerprint density at radius 3 is 2.72 bits per heavy atom. The van der Waals surface area contributed by atoms with Crippen LogP contribution in [0.2, 0.25) is 0 Å². The molecule has 0 aromatic heterocycles. The summed E-state index contributed by atoms with van der Waals surface area (Å²) in [5, 5.41) is 3.17. The van der Waals surface area contributed by atoms with Gasteiger partial charge in [0.25, 0.3) is 0 Å². The molecule has 1 aromatic rings. The van der Waals surface area contributed by atoms with E-state index in [4.69, 9.17) is 5.73 Å². The van der Waals surface area contributed by atoms with Crippen LogP contribution in [0.15, 0.2) is 22.7 Å². The SMILES string of the molecule is NC(=O)N1CCC(Nc2cc(Br)ccc2F)CC1. The zero-order valence-electron chi connectivity index (χ0n) is 9.83. The largest absolute Gasteiger partial charge is 0.380 e. The first-order chi connectivity index (χ1) is 8.56. The number of urea groups is 1. The van der Waals surface area contributed by atoms with E-state index in [1.807, 2.05) is 0 Å². The predicted molar refractivity (Wildman–Crippen MR) is 71.9 cm³/mol. The number of nitrogens with one attached hydrogen (secondary N) is 1. The number of hydrogen-bond acceptors (Lipinski definition) is 2. The number of halogens is 2. The Morgan fingerprint density at radius 1 is 1.44 bits per heavy atom. The highest BCUT2D eigenvalue weighted by Gasteiger charge is 2.21. The molecule has 3 N–H and O–H groups in total. The summed E-state index contributed by atoms with van der Waals surface area (Å²) < 4.78 is 14.4. The first-order valence-corrected chi connectivity index (χ1v) is 6.61. The van der Waals surface area contributed by atoms with E-state index in [9.17, 15) is 9.18 Å². The molecule has 0 aliphatic carbocycles. The van der Waals surface area contributed by atoms with Gasteiger partial charge in [0.05, 0.1) is 5.69 Å². The topological polar surface area (TPSA) is 58.4 Å². The highest BCUT2D eigenvalue weighted by molar-refractivity contribution is 9.10. The number of piperidine rings is 1. The normalized spacial score (nSPS) is 16.7. The number of primary amides is 1. The van der Waals surface area contributed by atoms with E-state index < -0.39 is 0 Å². The molecule has 0 bridgehead atoms. The number of amides is 2. The maximum Gasteiger partial charge on any atom is 0.314 e. The van der Waals surface area contributed by atoms with Crippen LogP contribution in [0.1, 0.15) is 12.8 Å². The van der Waals surface area contributed by atoms with Crippen molar-refractivity contribution in [3.8, 4) is 0 Å². The minimum absolute atomic E-state index is 0.171. The monoisotopic (exact) mass is 315 g/mol. The van der Waals surface area contributed by atoms with E-state index in [2.05, 4.69) is 21.2 Å². The number of anilines is 1. The van der Waals surface area contributed by atoms with Crippen molar-refractivity contribution in [2.24, 2.45) is 5.73 Å². The van der Waals surface area contributed by atoms with Gasteiger partial charge in [0.2, 0.25) is 0 Å². The van der Waals surface area contributed by atoms with Gasteiger partial charge in [0.1, 0.15) is 5.82 Å². The summed E-state index contributed by atoms with van der Waals surface area (Å²) in [7, 11) is 0. The van der Waals surface area contributed by atoms with Crippen molar-refractivity contribution in [3.63, 3.8) is 0 Å². The highest BCUT2D eigenvalue weighted by atomic mass is 79.9. The molecule has 6 heteroatoms. The summed E-state index contributed by atoms with van der Waals surface area (Å²) in [5.41, 5.74) is 5.70. The fourth-order valence-corrected chi connectivity index (χ4v) is 2.43. The Balaban J connectivity index is 1.95. The van der Waals surface area contributed by atoms with Crippen molar-refractivity contribution in [1.29, 1.82) is 0 Å². The molecule has 0 radical (unpaired) electrons. The van der Waals surface area contributed by atoms with Crippen LogP contribution in [0.5, 0.6) is 0 Å². The third-order valence-electron chi connectivity index (χ3n) is 3.09. The quantitative estimate of drug-likeness (QED) is 0.881. The zero-order valence-corrected chi connectivity index (χ0v) is 11.4. The first kappa shape index (κ1) is 13.1. The van der Waals surface area contributed by atoms with Gasteiger partial charge in [-0.15, -0.1) is 0 Å². The van der Waals surface area contributed by atoms with E-state index in [0.29, 0.717) is 18.8 Å². The summed E-state index contributed by atoms with van der Waals surface area (Å²) in [6, 6.07) is 4.59. The van der Waals surface area contributed by atoms with Gasteiger partial charge in [-0.2, -0.15) is 0 Å². The number of carbonyl (C=O) groups excluding carboxylic acids is 1. The number of benzene rings is 1. The van der Waals surface area contributed by atoms with Crippen LogP contribution in [0, 0.1) is 5.82 Å². The second-order valence-corrected chi connectivity index (χ2v) is 5.28. The van der Waals surface area contributed by atoms with Crippen LogP contribution in [0.25, 0.3) is 0 Å². The summed E-state index contributed by atoms with van der Waals surface area (Å²) >= 11 is 3.31. The van der Waals surface area contributed by atoms with E-state index in [0.717, 1.165) is 17.3 Å². The lowest BCUT2D eigenvalue weighted by molar-refractivity contribution is 0.193. The minimum atomic E-state index is -0.387. The Kier molecular flexibility index (Phi) is 4.06. The molecule has 1 aliphatic rings. The number of likely N-dealkylation sites (tertiary alicyclic amines) is 1. The van der Waals surface area contributed by atoms with E-state index >= 15 is 0 Å². The van der Waals surface area contributed by atoms with Crippen molar-refractivity contribution < 1.29 is 9.18 Å². The summed E-state index contributed by atoms with van der Waals surface area (Å²) in [6.07, 6.45) is 1.55. The smallest absolute Gasteiger partial charge is 0.314 e. The maximum atomic E-state index is 13.6. The van der Waals surface area contributed by atoms with Crippen LogP contribution < -0.4 is 11.1 Å². The molecule has 1 heterocycles. The summed E-state index contributed by atoms with van der Waals surface area (Å²) in [5.74, 6) is -0.268. The van der Waals surface area contributed by atoms with Crippen molar-refractivity contribution in [1.82, 2.24) is 4.90 Å². The molecule has 98 valence electrons. The average Bonchev–Trinajstić information content (AvgIpc) is 2.34. The molecule has 2 amide bonds. The summed E-state index contributed by atoms with van der Waals surface area (Å²) in [6.45, 7) is 1.23. The molecule has 18 heavy (non-hydrogen) atoms. The van der Waals surface area contributed by atoms with Gasteiger partial charge in [-0.05, 0) is 31.0 Å². The van der Waals surface area contributed by atoms with Crippen LogP contribution in [0.3, 0.4) is 0 Å². The zero-order chi connectivity index (χ0) is 13.1. The predicted octanol–water partition coefficient (Wildman–Crippen LogP) is 2.54. The van der Waals surface area contributed by atoms with Crippen LogP contribution in [0.4, 0.5) is 14.9 Å². The number of rotatable bonds is 2. The van der Waals surface area contributed by atoms with E-state index in [1.54, 1.807) is 17.0 Å². The maximum absolute atomic E-state index is 13.6. The second kappa shape index (κ2) is 5.56. The Labute approximate surface area is 113 Å². The molecule has 1 aromatic carbocycles. The molecule has 1 fully saturated rings. The van der Waals surface area contributed by atoms with Crippen molar-refractivity contribution in [2.45, 2.75) is 18.9 Å². The Bertz CT molecular complexity index is 447. The molecule has 0 unspecified atom stereocenters. The third-order valence-corrected chi connectivity index (χ3v) is 3.59. The highest BCUT2D eigenvalue weighted by Crippen LogP contribution is 2.23. The number of carbonyl (C=O) groups is 1. The van der Waals surface area contributed by atoms with Crippen molar-refractivity contribution in [2.75, 3.05) is 18.4 Å². The van der Waals surface area contributed by atoms with Gasteiger partial charge >= 0.3 is 6.03 Å². The van der Waals surface area contributed by atoms with Crippen molar-refractivity contribution >= 4 is 27.6 Å². The molecule has 1 saturated heterocycles. The lowest BCUT2D eigenvalue weighted by Crippen LogP contribution is -2.44. The number of nitrogens with two attached hydrogens (primary N) is 1. The number of nitrogens with zero attached hydrogens (tertiary/aromatic N) is 1. The van der Waals surface area contributed by atoms with Crippen LogP contribution >= 0.6 is 15.9 Å². The van der Waals surface area contributed by atoms with Gasteiger partial charge in [0.15, 0.2) is 0 Å². The van der Waals surface area contributed by atoms with Gasteiger partial charge in [0, 0.05) is 23.6 Å². The van der Waals surface area contributed by atoms with Crippen LogP contribution in [-0.2, 0) is 0 Å². The third kappa shape index (κ3) is 3.13. The standard InChI is InChI=1S/C12H15BrFN3O/c13-8-1-2-10(14)11(7-8)16-9-3-5-17(6-4-9)12(15)18/h1-2,7,9,16H,3-6H2,(H2,15,18). The average molecular weight is 316 g/mol. The van der Waals surface area contributed by atoms with Crippen molar-refractivity contribution in [3.05, 3.63) is 28.5 Å². The molecule has 1 aliphatic heterocycles. The van der Waals surface area contributed by atoms with Gasteiger partial charge < -0.3 is 16.0 Å². The van der Waals surface area contributed by atoms with Crippen LogP contribution in [-0.4, -0.2) is 30.1 Å². The lowest BCUT2D eigenvalue weighted by Gasteiger charge is -2.31. The number of hydrogen-bond donors (Lipinski definition) is 2. The molecular weight excluding hydrogens is 301 g/mol.